The van der Waals surface area contributed by atoms with Crippen LogP contribution in [0.3, 0.4) is 0 Å². The molecule has 0 atom stereocenters. The minimum Gasteiger partial charge on any atom is -0.494 e. The van der Waals surface area contributed by atoms with Gasteiger partial charge in [-0.3, -0.25) is 9.89 Å². The molecule has 0 unspecified atom stereocenters. The van der Waals surface area contributed by atoms with E-state index in [1.165, 1.54) is 6.21 Å². The summed E-state index contributed by atoms with van der Waals surface area (Å²) >= 11 is 0. The van der Waals surface area contributed by atoms with Gasteiger partial charge in [-0.25, -0.2) is 5.43 Å². The fourth-order valence-electron chi connectivity index (χ4n) is 2.76. The van der Waals surface area contributed by atoms with Crippen LogP contribution in [-0.2, 0) is 0 Å². The summed E-state index contributed by atoms with van der Waals surface area (Å²) < 4.78 is 16.1. The van der Waals surface area contributed by atoms with Gasteiger partial charge < -0.3 is 14.2 Å². The number of amides is 1. The number of nitrogens with one attached hydrogen (secondary N) is 2. The summed E-state index contributed by atoms with van der Waals surface area (Å²) in [5.74, 6) is 1.65. The number of nitrogens with zero attached hydrogens (tertiary/aromatic N) is 2. The number of benzene rings is 2. The predicted octanol–water partition coefficient (Wildman–Crippen LogP) is 3.65. The lowest BCUT2D eigenvalue weighted by molar-refractivity contribution is 0.0955. The highest BCUT2D eigenvalue weighted by atomic mass is 16.5. The number of rotatable bonds is 9. The van der Waals surface area contributed by atoms with Gasteiger partial charge in [0.2, 0.25) is 0 Å². The molecule has 30 heavy (non-hydrogen) atoms. The third-order valence-electron chi connectivity index (χ3n) is 4.30. The maximum Gasteiger partial charge on any atom is 0.271 e. The zero-order chi connectivity index (χ0) is 21.3. The van der Waals surface area contributed by atoms with Gasteiger partial charge in [-0.2, -0.15) is 10.2 Å². The molecule has 2 aromatic carbocycles. The molecule has 0 aliphatic carbocycles. The summed E-state index contributed by atoms with van der Waals surface area (Å²) in [5, 5.41) is 11.1. The summed E-state index contributed by atoms with van der Waals surface area (Å²) in [6.07, 6.45) is 4.09. The van der Waals surface area contributed by atoms with Crippen molar-refractivity contribution in [2.45, 2.75) is 13.3 Å². The molecule has 156 valence electrons. The fourth-order valence-corrected chi connectivity index (χ4v) is 2.76. The highest BCUT2D eigenvalue weighted by molar-refractivity contribution is 5.95. The molecule has 0 saturated carbocycles. The maximum atomic E-state index is 12.3. The van der Waals surface area contributed by atoms with Gasteiger partial charge in [-0.1, -0.05) is 6.92 Å². The van der Waals surface area contributed by atoms with Crippen molar-refractivity contribution in [3.8, 4) is 28.5 Å². The van der Waals surface area contributed by atoms with Crippen LogP contribution >= 0.6 is 0 Å². The zero-order valence-corrected chi connectivity index (χ0v) is 17.1. The summed E-state index contributed by atoms with van der Waals surface area (Å²) in [4.78, 5) is 12.3. The SMILES string of the molecule is CCCOc1ccc(C(=O)N/N=C/c2cn[nH]c2-c2ccc(OC)c(OC)c2)cc1. The Morgan fingerprint density at radius 2 is 1.90 bits per heavy atom. The third kappa shape index (κ3) is 4.96. The molecule has 8 heteroatoms. The van der Waals surface area contributed by atoms with E-state index in [2.05, 4.69) is 20.7 Å². The second-order valence-electron chi connectivity index (χ2n) is 6.34. The molecule has 0 spiro atoms. The van der Waals surface area contributed by atoms with Crippen LogP contribution in [-0.4, -0.2) is 43.1 Å². The van der Waals surface area contributed by atoms with Crippen molar-refractivity contribution in [1.82, 2.24) is 15.6 Å². The van der Waals surface area contributed by atoms with Crippen LogP contribution in [0.2, 0.25) is 0 Å². The summed E-state index contributed by atoms with van der Waals surface area (Å²) in [6, 6.07) is 12.5. The first-order valence-electron chi connectivity index (χ1n) is 9.48. The zero-order valence-electron chi connectivity index (χ0n) is 17.1. The van der Waals surface area contributed by atoms with E-state index >= 15 is 0 Å². The number of hydrogen-bond donors (Lipinski definition) is 2. The lowest BCUT2D eigenvalue weighted by atomic mass is 10.1. The van der Waals surface area contributed by atoms with E-state index in [4.69, 9.17) is 14.2 Å². The molecule has 1 heterocycles. The predicted molar refractivity (Wildman–Crippen MR) is 114 cm³/mol. The van der Waals surface area contributed by atoms with Gasteiger partial charge in [0.05, 0.1) is 38.9 Å². The van der Waals surface area contributed by atoms with Crippen LogP contribution in [0.5, 0.6) is 17.2 Å². The first-order chi connectivity index (χ1) is 14.7. The average Bonchev–Trinajstić information content (AvgIpc) is 3.26. The summed E-state index contributed by atoms with van der Waals surface area (Å²) in [5.41, 5.74) is 5.32. The van der Waals surface area contributed by atoms with E-state index in [9.17, 15) is 4.79 Å². The number of carbonyl (C=O) groups excluding carboxylic acids is 1. The lowest BCUT2D eigenvalue weighted by Gasteiger charge is -2.09. The Morgan fingerprint density at radius 3 is 2.60 bits per heavy atom. The second kappa shape index (κ2) is 10.1. The van der Waals surface area contributed by atoms with Gasteiger partial charge in [0.15, 0.2) is 11.5 Å². The van der Waals surface area contributed by atoms with Gasteiger partial charge in [0.1, 0.15) is 5.75 Å². The van der Waals surface area contributed by atoms with Crippen LogP contribution in [0.4, 0.5) is 0 Å². The molecule has 0 fully saturated rings. The quantitative estimate of drug-likeness (QED) is 0.416. The molecule has 3 aromatic rings. The van der Waals surface area contributed by atoms with E-state index < -0.39 is 0 Å². The maximum absolute atomic E-state index is 12.3. The Labute approximate surface area is 174 Å². The molecular weight excluding hydrogens is 384 g/mol. The standard InChI is InChI=1S/C22H24N4O4/c1-4-11-30-18-8-5-15(6-9-18)22(27)26-24-14-17-13-23-25-21(17)16-7-10-19(28-2)20(12-16)29-3/h5-10,12-14H,4,11H2,1-3H3,(H,23,25)(H,26,27)/b24-14+. The first kappa shape index (κ1) is 20.9. The molecule has 1 amide bonds. The first-order valence-corrected chi connectivity index (χ1v) is 9.48. The molecule has 0 aliphatic heterocycles. The number of aromatic nitrogens is 2. The largest absolute Gasteiger partial charge is 0.494 e. The molecule has 0 radical (unpaired) electrons. The van der Waals surface area contributed by atoms with E-state index in [0.29, 0.717) is 29.2 Å². The van der Waals surface area contributed by atoms with Crippen LogP contribution < -0.4 is 19.6 Å². The second-order valence-corrected chi connectivity index (χ2v) is 6.34. The topological polar surface area (TPSA) is 97.8 Å². The molecule has 2 N–H and O–H groups in total. The molecule has 3 rings (SSSR count). The van der Waals surface area contributed by atoms with Crippen LogP contribution in [0.15, 0.2) is 53.8 Å². The number of hydrogen-bond acceptors (Lipinski definition) is 6. The van der Waals surface area contributed by atoms with E-state index in [1.807, 2.05) is 25.1 Å². The minimum atomic E-state index is -0.315. The summed E-state index contributed by atoms with van der Waals surface area (Å²) in [6.45, 7) is 2.68. The van der Waals surface area contributed by atoms with Crippen molar-refractivity contribution in [3.63, 3.8) is 0 Å². The molecule has 8 nitrogen and oxygen atoms in total. The summed E-state index contributed by atoms with van der Waals surface area (Å²) in [7, 11) is 3.16. The Kier molecular flexibility index (Phi) is 7.05. The van der Waals surface area contributed by atoms with E-state index in [1.54, 1.807) is 44.7 Å². The lowest BCUT2D eigenvalue weighted by Crippen LogP contribution is -2.17. The molecule has 0 bridgehead atoms. The molecule has 1 aromatic heterocycles. The monoisotopic (exact) mass is 408 g/mol. The number of H-pyrrole nitrogens is 1. The highest BCUT2D eigenvalue weighted by Crippen LogP contribution is 2.32. The number of aromatic amines is 1. The van der Waals surface area contributed by atoms with Crippen molar-refractivity contribution >= 4 is 12.1 Å². The molecular formula is C22H24N4O4. The van der Waals surface area contributed by atoms with Gasteiger partial charge in [0.25, 0.3) is 5.91 Å². The third-order valence-corrected chi connectivity index (χ3v) is 4.30. The molecule has 0 saturated heterocycles. The number of carbonyl (C=O) groups is 1. The van der Waals surface area contributed by atoms with Gasteiger partial charge >= 0.3 is 0 Å². The van der Waals surface area contributed by atoms with Crippen LogP contribution in [0.25, 0.3) is 11.3 Å². The van der Waals surface area contributed by atoms with E-state index in [0.717, 1.165) is 23.4 Å². The van der Waals surface area contributed by atoms with Gasteiger partial charge in [-0.15, -0.1) is 0 Å². The van der Waals surface area contributed by atoms with Crippen molar-refractivity contribution in [1.29, 1.82) is 0 Å². The Balaban J connectivity index is 1.68. The Morgan fingerprint density at radius 1 is 1.13 bits per heavy atom. The Bertz CT molecular complexity index is 1010. The number of methoxy groups -OCH3 is 2. The van der Waals surface area contributed by atoms with E-state index in [-0.39, 0.29) is 5.91 Å². The van der Waals surface area contributed by atoms with Gasteiger partial charge in [-0.05, 0) is 48.9 Å². The number of hydrazone groups is 1. The minimum absolute atomic E-state index is 0.315. The van der Waals surface area contributed by atoms with Crippen LogP contribution in [0, 0.1) is 0 Å². The Hall–Kier alpha value is -3.81. The highest BCUT2D eigenvalue weighted by Gasteiger charge is 2.11. The normalized spacial score (nSPS) is 10.8. The average molecular weight is 408 g/mol. The van der Waals surface area contributed by atoms with Crippen molar-refractivity contribution < 1.29 is 19.0 Å². The van der Waals surface area contributed by atoms with Crippen molar-refractivity contribution in [2.24, 2.45) is 5.10 Å². The van der Waals surface area contributed by atoms with Crippen LogP contribution in [0.1, 0.15) is 29.3 Å². The molecule has 0 aliphatic rings. The fraction of sp³-hybridized carbons (Fsp3) is 0.227. The van der Waals surface area contributed by atoms with Gasteiger partial charge in [0, 0.05) is 16.7 Å². The number of ether oxygens (including phenoxy) is 3. The van der Waals surface area contributed by atoms with Crippen molar-refractivity contribution in [2.75, 3.05) is 20.8 Å². The smallest absolute Gasteiger partial charge is 0.271 e. The van der Waals surface area contributed by atoms with Crippen molar-refractivity contribution in [3.05, 3.63) is 59.8 Å².